The zero-order valence-corrected chi connectivity index (χ0v) is 30.2. The molecule has 4 rings (SSSR count). The highest BCUT2D eigenvalue weighted by molar-refractivity contribution is 6.19. The molecule has 1 aliphatic heterocycles. The van der Waals surface area contributed by atoms with Gasteiger partial charge in [-0.25, -0.2) is 0 Å². The lowest BCUT2D eigenvalue weighted by Crippen LogP contribution is -2.41. The van der Waals surface area contributed by atoms with Gasteiger partial charge in [-0.05, 0) is 85.0 Å². The molecule has 0 aromatic heterocycles. The van der Waals surface area contributed by atoms with Gasteiger partial charge in [0, 0.05) is 16.7 Å². The molecule has 0 radical (unpaired) electrons. The number of hydrazone groups is 1. The molecule has 7 heteroatoms. The number of hydrogen-bond acceptors (Lipinski definition) is 5. The van der Waals surface area contributed by atoms with Crippen LogP contribution in [0.4, 0.5) is 11.4 Å². The molecular weight excluding hydrogens is 586 g/mol. The van der Waals surface area contributed by atoms with E-state index >= 15 is 0 Å². The number of amides is 2. The SMILES string of the molecule is CCC(Oc1ccc(C(C)(C)CC)cc1C(C)(C)CC)C(=O)Nc1ccc(N2N=C(C(C)(C)C)C(Oc3ccc(C)cc3)C2=O)cc1. The van der Waals surface area contributed by atoms with Crippen molar-refractivity contribution in [3.8, 4) is 11.5 Å². The first kappa shape index (κ1) is 35.7. The van der Waals surface area contributed by atoms with Gasteiger partial charge in [0.2, 0.25) is 6.10 Å². The van der Waals surface area contributed by atoms with Crippen molar-refractivity contribution < 1.29 is 19.1 Å². The van der Waals surface area contributed by atoms with Crippen molar-refractivity contribution in [2.75, 3.05) is 10.3 Å². The summed E-state index contributed by atoms with van der Waals surface area (Å²) in [5.41, 5.74) is 4.88. The number of rotatable bonds is 12. The lowest BCUT2D eigenvalue weighted by molar-refractivity contribution is -0.123. The predicted molar refractivity (Wildman–Crippen MR) is 193 cm³/mol. The third kappa shape index (κ3) is 8.06. The zero-order chi connectivity index (χ0) is 34.7. The normalized spacial score (nSPS) is 16.1. The Kier molecular flexibility index (Phi) is 10.6. The van der Waals surface area contributed by atoms with E-state index in [1.54, 1.807) is 24.3 Å². The monoisotopic (exact) mass is 639 g/mol. The molecule has 252 valence electrons. The lowest BCUT2D eigenvalue weighted by atomic mass is 9.76. The van der Waals surface area contributed by atoms with Crippen LogP contribution in [-0.4, -0.2) is 29.7 Å². The molecule has 1 N–H and O–H groups in total. The van der Waals surface area contributed by atoms with E-state index in [0.717, 1.165) is 29.7 Å². The summed E-state index contributed by atoms with van der Waals surface area (Å²) < 4.78 is 12.6. The molecule has 0 aliphatic carbocycles. The summed E-state index contributed by atoms with van der Waals surface area (Å²) in [5.74, 6) is 0.873. The fourth-order valence-electron chi connectivity index (χ4n) is 5.39. The number of anilines is 2. The molecule has 1 heterocycles. The maximum atomic E-state index is 13.6. The number of carbonyl (C=O) groups excluding carboxylic acids is 2. The van der Waals surface area contributed by atoms with Crippen molar-refractivity contribution in [3.63, 3.8) is 0 Å². The van der Waals surface area contributed by atoms with Crippen LogP contribution >= 0.6 is 0 Å². The van der Waals surface area contributed by atoms with Gasteiger partial charge in [0.25, 0.3) is 11.8 Å². The summed E-state index contributed by atoms with van der Waals surface area (Å²) in [6.45, 7) is 23.3. The highest BCUT2D eigenvalue weighted by atomic mass is 16.5. The van der Waals surface area contributed by atoms with E-state index < -0.39 is 12.2 Å². The van der Waals surface area contributed by atoms with E-state index in [4.69, 9.17) is 14.6 Å². The first-order valence-corrected chi connectivity index (χ1v) is 16.9. The lowest BCUT2D eigenvalue weighted by Gasteiger charge is -2.31. The fourth-order valence-corrected chi connectivity index (χ4v) is 5.39. The number of hydrogen-bond donors (Lipinski definition) is 1. The van der Waals surface area contributed by atoms with Crippen molar-refractivity contribution in [1.29, 1.82) is 0 Å². The van der Waals surface area contributed by atoms with Crippen LogP contribution in [0.25, 0.3) is 0 Å². The fraction of sp³-hybridized carbons (Fsp3) is 0.475. The number of benzene rings is 3. The van der Waals surface area contributed by atoms with Crippen LogP contribution < -0.4 is 19.8 Å². The summed E-state index contributed by atoms with van der Waals surface area (Å²) in [6.07, 6.45) is 0.964. The summed E-state index contributed by atoms with van der Waals surface area (Å²) in [7, 11) is 0. The Morgan fingerprint density at radius 2 is 1.49 bits per heavy atom. The summed E-state index contributed by atoms with van der Waals surface area (Å²) in [5, 5.41) is 9.12. The molecule has 3 aromatic rings. The zero-order valence-electron chi connectivity index (χ0n) is 30.2. The van der Waals surface area contributed by atoms with E-state index in [1.165, 1.54) is 10.6 Å². The first-order valence-electron chi connectivity index (χ1n) is 16.9. The molecule has 0 saturated heterocycles. The Morgan fingerprint density at radius 3 is 2.04 bits per heavy atom. The van der Waals surface area contributed by atoms with Crippen molar-refractivity contribution in [2.24, 2.45) is 10.5 Å². The third-order valence-electron chi connectivity index (χ3n) is 9.50. The van der Waals surface area contributed by atoms with Crippen LogP contribution in [0, 0.1) is 12.3 Å². The highest BCUT2D eigenvalue weighted by Gasteiger charge is 2.43. The average Bonchev–Trinajstić information content (AvgIpc) is 3.37. The van der Waals surface area contributed by atoms with Crippen LogP contribution in [0.3, 0.4) is 0 Å². The smallest absolute Gasteiger partial charge is 0.294 e. The molecule has 2 unspecified atom stereocenters. The van der Waals surface area contributed by atoms with Crippen LogP contribution in [0.5, 0.6) is 11.5 Å². The third-order valence-corrected chi connectivity index (χ3v) is 9.50. The number of nitrogens with zero attached hydrogens (tertiary/aromatic N) is 2. The summed E-state index contributed by atoms with van der Waals surface area (Å²) >= 11 is 0. The van der Waals surface area contributed by atoms with Crippen LogP contribution in [0.15, 0.2) is 71.8 Å². The van der Waals surface area contributed by atoms with Gasteiger partial charge in [-0.3, -0.25) is 9.59 Å². The van der Waals surface area contributed by atoms with Crippen molar-refractivity contribution >= 4 is 28.9 Å². The highest BCUT2D eigenvalue weighted by Crippen LogP contribution is 2.39. The Morgan fingerprint density at radius 1 is 0.872 bits per heavy atom. The van der Waals surface area contributed by atoms with Crippen LogP contribution in [0.2, 0.25) is 0 Å². The second-order valence-corrected chi connectivity index (χ2v) is 14.9. The topological polar surface area (TPSA) is 80.2 Å². The number of nitrogens with one attached hydrogen (secondary N) is 1. The van der Waals surface area contributed by atoms with Crippen LogP contribution in [-0.2, 0) is 20.4 Å². The van der Waals surface area contributed by atoms with Gasteiger partial charge in [0.15, 0.2) is 6.10 Å². The van der Waals surface area contributed by atoms with Gasteiger partial charge in [0.05, 0.1) is 11.4 Å². The maximum absolute atomic E-state index is 13.6. The Labute approximate surface area is 281 Å². The quantitative estimate of drug-likeness (QED) is 0.214. The average molecular weight is 640 g/mol. The van der Waals surface area contributed by atoms with Crippen LogP contribution in [0.1, 0.15) is 105 Å². The van der Waals surface area contributed by atoms with Gasteiger partial charge < -0.3 is 14.8 Å². The summed E-state index contributed by atoms with van der Waals surface area (Å²) in [4.78, 5) is 27.1. The molecule has 47 heavy (non-hydrogen) atoms. The van der Waals surface area contributed by atoms with Crippen molar-refractivity contribution in [1.82, 2.24) is 0 Å². The number of carbonyl (C=O) groups is 2. The second kappa shape index (κ2) is 13.9. The molecule has 0 saturated carbocycles. The molecule has 3 aromatic carbocycles. The van der Waals surface area contributed by atoms with Gasteiger partial charge in [-0.15, -0.1) is 0 Å². The molecule has 0 fully saturated rings. The first-order chi connectivity index (χ1) is 22.0. The Bertz CT molecular complexity index is 1600. The van der Waals surface area contributed by atoms with Crippen molar-refractivity contribution in [3.05, 3.63) is 83.4 Å². The molecule has 2 amide bonds. The molecular formula is C40H53N3O4. The van der Waals surface area contributed by atoms with Gasteiger partial charge in [-0.1, -0.05) is 99.1 Å². The van der Waals surface area contributed by atoms with E-state index in [1.807, 2.05) is 65.0 Å². The van der Waals surface area contributed by atoms with E-state index in [2.05, 4.69) is 59.0 Å². The van der Waals surface area contributed by atoms with Gasteiger partial charge in [0.1, 0.15) is 11.5 Å². The number of aryl methyl sites for hydroxylation is 1. The standard InChI is InChI=1S/C40H53N3O4/c1-12-32(47-33-24-17-27(39(8,9)13-2)25-31(33)40(10,11)14-3)36(44)41-28-18-20-29(21-19-28)43-37(45)34(35(42-43)38(5,6)7)46-30-22-15-26(4)16-23-30/h15-25,32,34H,12-14H2,1-11H3,(H,41,44). The van der Waals surface area contributed by atoms with Gasteiger partial charge >= 0.3 is 0 Å². The molecule has 0 bridgehead atoms. The minimum absolute atomic E-state index is 0.0408. The molecule has 2 atom stereocenters. The Hall–Kier alpha value is -4.13. The largest absolute Gasteiger partial charge is 0.480 e. The molecule has 0 spiro atoms. The van der Waals surface area contributed by atoms with E-state index in [9.17, 15) is 9.59 Å². The minimum atomic E-state index is -0.829. The second-order valence-electron chi connectivity index (χ2n) is 14.9. The predicted octanol–water partition coefficient (Wildman–Crippen LogP) is 9.36. The maximum Gasteiger partial charge on any atom is 0.294 e. The number of ether oxygens (including phenoxy) is 2. The van der Waals surface area contributed by atoms with Crippen molar-refractivity contribution in [2.45, 2.75) is 118 Å². The summed E-state index contributed by atoms with van der Waals surface area (Å²) in [6, 6.07) is 21.2. The van der Waals surface area contributed by atoms with Gasteiger partial charge in [-0.2, -0.15) is 10.1 Å². The van der Waals surface area contributed by atoms with E-state index in [-0.39, 0.29) is 28.1 Å². The molecule has 1 aliphatic rings. The molecule has 7 nitrogen and oxygen atoms in total. The van der Waals surface area contributed by atoms with E-state index in [0.29, 0.717) is 29.3 Å². The minimum Gasteiger partial charge on any atom is -0.480 e. The Balaban J connectivity index is 1.51.